The number of nitrogens with two attached hydrogens (primary N) is 1. The van der Waals surface area contributed by atoms with Gasteiger partial charge in [0.2, 0.25) is 5.91 Å². The van der Waals surface area contributed by atoms with Gasteiger partial charge in [0.25, 0.3) is 5.91 Å². The minimum absolute atomic E-state index is 0.140. The summed E-state index contributed by atoms with van der Waals surface area (Å²) >= 11 is 1.37. The van der Waals surface area contributed by atoms with Gasteiger partial charge in [0.1, 0.15) is 11.1 Å². The van der Waals surface area contributed by atoms with Crippen LogP contribution in [0.5, 0.6) is 0 Å². The Morgan fingerprint density at radius 3 is 2.75 bits per heavy atom. The first-order valence-electron chi connectivity index (χ1n) is 9.43. The molecule has 0 bridgehead atoms. The molecule has 2 aromatic rings. The summed E-state index contributed by atoms with van der Waals surface area (Å²) in [5, 5.41) is 4.41. The summed E-state index contributed by atoms with van der Waals surface area (Å²) in [7, 11) is 0. The molecule has 7 nitrogen and oxygen atoms in total. The highest BCUT2D eigenvalue weighted by Gasteiger charge is 2.44. The second kappa shape index (κ2) is 7.63. The zero-order valence-corrected chi connectivity index (χ0v) is 16.4. The van der Waals surface area contributed by atoms with Gasteiger partial charge in [-0.3, -0.25) is 14.5 Å². The zero-order valence-electron chi connectivity index (χ0n) is 15.5. The maximum atomic E-state index is 13.9. The van der Waals surface area contributed by atoms with E-state index in [-0.39, 0.29) is 29.6 Å². The lowest BCUT2D eigenvalue weighted by molar-refractivity contribution is -0.123. The zero-order chi connectivity index (χ0) is 19.8. The van der Waals surface area contributed by atoms with E-state index in [2.05, 4.69) is 15.0 Å². The second-order valence-electron chi connectivity index (χ2n) is 7.17. The van der Waals surface area contributed by atoms with Crippen molar-refractivity contribution < 1.29 is 14.0 Å². The summed E-state index contributed by atoms with van der Waals surface area (Å²) in [5.74, 6) is -0.281. The van der Waals surface area contributed by atoms with Crippen LogP contribution in [-0.2, 0) is 11.2 Å². The van der Waals surface area contributed by atoms with Crippen molar-refractivity contribution in [3.63, 3.8) is 0 Å². The first kappa shape index (κ1) is 19.1. The molecule has 148 valence electrons. The highest BCUT2D eigenvalue weighted by Crippen LogP contribution is 2.42. The highest BCUT2D eigenvalue weighted by atomic mass is 32.2. The number of piperidine rings is 1. The van der Waals surface area contributed by atoms with Crippen LogP contribution in [0, 0.1) is 11.7 Å². The number of benzene rings is 1. The Morgan fingerprint density at radius 1 is 1.39 bits per heavy atom. The van der Waals surface area contributed by atoms with Crippen molar-refractivity contribution in [2.24, 2.45) is 11.7 Å². The third kappa shape index (κ3) is 3.44. The molecular weight excluding hydrogens is 381 g/mol. The standard InChI is InChI=1S/C19H22FN5O2S/c1-2-14-22-19-25(23-14)18(27)16(28-19)15(12-4-3-5-13(20)10-12)24-8-6-11(7-9-24)17(21)26/h3-5,10-11,15-16H,2,6-9H2,1H3,(H2,21,26). The molecule has 28 heavy (non-hydrogen) atoms. The molecule has 0 saturated carbocycles. The van der Waals surface area contributed by atoms with Crippen molar-refractivity contribution >= 4 is 23.6 Å². The molecule has 2 aliphatic heterocycles. The Labute approximate surface area is 166 Å². The van der Waals surface area contributed by atoms with Crippen molar-refractivity contribution in [2.75, 3.05) is 13.1 Å². The molecule has 1 aromatic heterocycles. The summed E-state index contributed by atoms with van der Waals surface area (Å²) in [6.07, 6.45) is 1.93. The second-order valence-corrected chi connectivity index (χ2v) is 8.27. The van der Waals surface area contributed by atoms with Gasteiger partial charge in [-0.05, 0) is 43.6 Å². The molecule has 3 heterocycles. The van der Waals surface area contributed by atoms with Crippen LogP contribution in [-0.4, -0.2) is 49.8 Å². The van der Waals surface area contributed by atoms with Crippen molar-refractivity contribution in [3.05, 3.63) is 41.5 Å². The normalized spacial score (nSPS) is 21.6. The van der Waals surface area contributed by atoms with Crippen LogP contribution in [0.25, 0.3) is 0 Å². The number of thioether (sulfide) groups is 1. The first-order chi connectivity index (χ1) is 13.5. The lowest BCUT2D eigenvalue weighted by atomic mass is 9.92. The molecule has 2 N–H and O–H groups in total. The summed E-state index contributed by atoms with van der Waals surface area (Å²) in [4.78, 5) is 31.2. The van der Waals surface area contributed by atoms with Crippen molar-refractivity contribution in [3.8, 4) is 0 Å². The van der Waals surface area contributed by atoms with E-state index in [1.807, 2.05) is 13.0 Å². The Morgan fingerprint density at radius 2 is 2.14 bits per heavy atom. The Kier molecular flexibility index (Phi) is 5.20. The molecule has 1 amide bonds. The van der Waals surface area contributed by atoms with E-state index in [0.29, 0.717) is 43.3 Å². The number of rotatable bonds is 5. The highest BCUT2D eigenvalue weighted by molar-refractivity contribution is 8.00. The number of fused-ring (bicyclic) bond motifs is 1. The molecule has 9 heteroatoms. The molecule has 4 rings (SSSR count). The number of likely N-dealkylation sites (tertiary alicyclic amines) is 1. The number of hydrogen-bond acceptors (Lipinski definition) is 6. The number of aryl methyl sites for hydroxylation is 1. The van der Waals surface area contributed by atoms with Gasteiger partial charge >= 0.3 is 0 Å². The number of aromatic nitrogens is 3. The van der Waals surface area contributed by atoms with Gasteiger partial charge in [-0.1, -0.05) is 30.8 Å². The van der Waals surface area contributed by atoms with Crippen LogP contribution in [0.2, 0.25) is 0 Å². The maximum absolute atomic E-state index is 13.9. The van der Waals surface area contributed by atoms with Gasteiger partial charge in [-0.15, -0.1) is 5.10 Å². The Bertz CT molecular complexity index is 909. The summed E-state index contributed by atoms with van der Waals surface area (Å²) < 4.78 is 15.3. The van der Waals surface area contributed by atoms with Crippen molar-refractivity contribution in [1.82, 2.24) is 19.7 Å². The number of hydrogen-bond donors (Lipinski definition) is 1. The average Bonchev–Trinajstić information content (AvgIpc) is 3.22. The van der Waals surface area contributed by atoms with Crippen molar-refractivity contribution in [1.29, 1.82) is 0 Å². The van der Waals surface area contributed by atoms with Gasteiger partial charge in [0.15, 0.2) is 11.0 Å². The van der Waals surface area contributed by atoms with E-state index in [1.54, 1.807) is 6.07 Å². The number of primary amides is 1. The van der Waals surface area contributed by atoms with Crippen LogP contribution < -0.4 is 5.73 Å². The molecule has 1 fully saturated rings. The van der Waals surface area contributed by atoms with Crippen LogP contribution in [0.15, 0.2) is 29.4 Å². The molecule has 2 aliphatic rings. The average molecular weight is 403 g/mol. The lowest BCUT2D eigenvalue weighted by Crippen LogP contribution is -2.45. The van der Waals surface area contributed by atoms with Gasteiger partial charge in [0.05, 0.1) is 6.04 Å². The summed E-state index contributed by atoms with van der Waals surface area (Å²) in [6.45, 7) is 3.18. The predicted octanol–water partition coefficient (Wildman–Crippen LogP) is 2.03. The molecule has 2 atom stereocenters. The first-order valence-corrected chi connectivity index (χ1v) is 10.3. The Balaban J connectivity index is 1.64. The third-order valence-corrected chi connectivity index (χ3v) is 6.61. The predicted molar refractivity (Wildman–Crippen MR) is 102 cm³/mol. The fraction of sp³-hybridized carbons (Fsp3) is 0.474. The maximum Gasteiger partial charge on any atom is 0.264 e. The SMILES string of the molecule is CCc1nc2n(n1)C(=O)C(C(c1cccc(F)c1)N1CCC(C(N)=O)CC1)S2. The van der Waals surface area contributed by atoms with Crippen LogP contribution in [0.1, 0.15) is 42.0 Å². The monoisotopic (exact) mass is 403 g/mol. The molecule has 0 spiro atoms. The van der Waals surface area contributed by atoms with E-state index < -0.39 is 5.25 Å². The van der Waals surface area contributed by atoms with Crippen LogP contribution in [0.4, 0.5) is 4.39 Å². The molecule has 0 radical (unpaired) electrons. The number of carbonyl (C=O) groups excluding carboxylic acids is 2. The minimum atomic E-state index is -0.465. The summed E-state index contributed by atoms with van der Waals surface area (Å²) in [5.41, 5.74) is 6.19. The van der Waals surface area contributed by atoms with Gasteiger partial charge < -0.3 is 5.73 Å². The van der Waals surface area contributed by atoms with Crippen molar-refractivity contribution in [2.45, 2.75) is 42.6 Å². The largest absolute Gasteiger partial charge is 0.369 e. The Hall–Kier alpha value is -2.26. The minimum Gasteiger partial charge on any atom is -0.369 e. The van der Waals surface area contributed by atoms with E-state index in [4.69, 9.17) is 5.73 Å². The van der Waals surface area contributed by atoms with Gasteiger partial charge in [-0.25, -0.2) is 9.37 Å². The number of carbonyl (C=O) groups is 2. The molecule has 1 saturated heterocycles. The third-order valence-electron chi connectivity index (χ3n) is 5.42. The van der Waals surface area contributed by atoms with E-state index >= 15 is 0 Å². The summed E-state index contributed by atoms with van der Waals surface area (Å²) in [6, 6.07) is 6.04. The van der Waals surface area contributed by atoms with Crippen LogP contribution in [0.3, 0.4) is 0 Å². The topological polar surface area (TPSA) is 94.1 Å². The number of amides is 1. The quantitative estimate of drug-likeness (QED) is 0.821. The number of nitrogens with zero attached hydrogens (tertiary/aromatic N) is 4. The molecular formula is C19H22FN5O2S. The molecule has 1 aromatic carbocycles. The fourth-order valence-corrected chi connectivity index (χ4v) is 5.20. The van der Waals surface area contributed by atoms with E-state index in [0.717, 1.165) is 5.56 Å². The smallest absolute Gasteiger partial charge is 0.264 e. The lowest BCUT2D eigenvalue weighted by Gasteiger charge is -2.38. The van der Waals surface area contributed by atoms with Crippen LogP contribution >= 0.6 is 11.8 Å². The van der Waals surface area contributed by atoms with E-state index in [1.165, 1.54) is 28.6 Å². The molecule has 0 aliphatic carbocycles. The molecule has 2 unspecified atom stereocenters. The van der Waals surface area contributed by atoms with Gasteiger partial charge in [0, 0.05) is 12.3 Å². The van der Waals surface area contributed by atoms with Gasteiger partial charge in [-0.2, -0.15) is 4.68 Å². The van der Waals surface area contributed by atoms with E-state index in [9.17, 15) is 14.0 Å². The number of halogens is 1. The fourth-order valence-electron chi connectivity index (χ4n) is 3.92.